The summed E-state index contributed by atoms with van der Waals surface area (Å²) >= 11 is 0. The molecule has 1 saturated carbocycles. The maximum absolute atomic E-state index is 11.3. The summed E-state index contributed by atoms with van der Waals surface area (Å²) in [6, 6.07) is 0. The van der Waals surface area contributed by atoms with Crippen LogP contribution in [-0.2, 0) is 14.3 Å². The summed E-state index contributed by atoms with van der Waals surface area (Å²) in [6.45, 7) is 1.43. The number of nitrogens with one attached hydrogen (secondary N) is 2. The van der Waals surface area contributed by atoms with E-state index >= 15 is 0 Å². The molecule has 2 fully saturated rings. The fourth-order valence-electron chi connectivity index (χ4n) is 2.92. The molecule has 2 aliphatic heterocycles. The van der Waals surface area contributed by atoms with Gasteiger partial charge in [-0.1, -0.05) is 0 Å². The van der Waals surface area contributed by atoms with Crippen molar-refractivity contribution >= 4 is 5.91 Å². The minimum absolute atomic E-state index is 0.0117. The van der Waals surface area contributed by atoms with Crippen LogP contribution in [-0.4, -0.2) is 31.1 Å². The summed E-state index contributed by atoms with van der Waals surface area (Å²) < 4.78 is 11.4. The van der Waals surface area contributed by atoms with E-state index in [0.29, 0.717) is 19.1 Å². The van der Waals surface area contributed by atoms with Crippen molar-refractivity contribution in [3.05, 3.63) is 12.3 Å². The number of amides is 1. The molecule has 0 aromatic heterocycles. The Labute approximate surface area is 101 Å². The lowest BCUT2D eigenvalue weighted by molar-refractivity contribution is -0.184. The van der Waals surface area contributed by atoms with Crippen LogP contribution >= 0.6 is 0 Å². The fraction of sp³-hybridized carbons (Fsp3) is 0.750. The van der Waals surface area contributed by atoms with Gasteiger partial charge in [0.2, 0.25) is 5.91 Å². The van der Waals surface area contributed by atoms with E-state index in [-0.39, 0.29) is 17.9 Å². The van der Waals surface area contributed by atoms with E-state index in [4.69, 9.17) is 9.47 Å². The van der Waals surface area contributed by atoms with Gasteiger partial charge >= 0.3 is 0 Å². The first-order chi connectivity index (χ1) is 8.27. The smallest absolute Gasteiger partial charge is 0.247 e. The predicted octanol–water partition coefficient (Wildman–Crippen LogP) is 0.479. The molecule has 3 aliphatic rings. The molecular formula is C12H18N2O3. The quantitative estimate of drug-likeness (QED) is 0.697. The maximum atomic E-state index is 11.3. The molecule has 1 amide bonds. The SMILES string of the molecule is O=C1C=CNC(C2CCC3(CC2)OCCO3)N1. The molecular weight excluding hydrogens is 220 g/mol. The van der Waals surface area contributed by atoms with Crippen LogP contribution in [0, 0.1) is 5.92 Å². The topological polar surface area (TPSA) is 59.6 Å². The molecule has 2 heterocycles. The Morgan fingerprint density at radius 1 is 1.24 bits per heavy atom. The summed E-state index contributed by atoms with van der Waals surface area (Å²) in [6.07, 6.45) is 7.20. The molecule has 2 N–H and O–H groups in total. The molecule has 3 rings (SSSR count). The lowest BCUT2D eigenvalue weighted by atomic mass is 9.83. The van der Waals surface area contributed by atoms with Crippen LogP contribution in [0.3, 0.4) is 0 Å². The van der Waals surface area contributed by atoms with Gasteiger partial charge in [-0.15, -0.1) is 0 Å². The van der Waals surface area contributed by atoms with E-state index in [1.54, 1.807) is 6.20 Å². The zero-order valence-electron chi connectivity index (χ0n) is 9.78. The number of hydrogen-bond donors (Lipinski definition) is 2. The second kappa shape index (κ2) is 4.31. The van der Waals surface area contributed by atoms with Crippen LogP contribution in [0.25, 0.3) is 0 Å². The van der Waals surface area contributed by atoms with E-state index in [2.05, 4.69) is 10.6 Å². The molecule has 94 valence electrons. The highest BCUT2D eigenvalue weighted by molar-refractivity contribution is 5.88. The first-order valence-corrected chi connectivity index (χ1v) is 6.28. The van der Waals surface area contributed by atoms with Gasteiger partial charge in [-0.05, 0) is 18.8 Å². The van der Waals surface area contributed by atoms with E-state index in [1.165, 1.54) is 6.08 Å². The molecule has 0 aromatic carbocycles. The number of carbonyl (C=O) groups excluding carboxylic acids is 1. The molecule has 5 nitrogen and oxygen atoms in total. The highest BCUT2D eigenvalue weighted by atomic mass is 16.7. The molecule has 1 spiro atoms. The first-order valence-electron chi connectivity index (χ1n) is 6.28. The van der Waals surface area contributed by atoms with Crippen molar-refractivity contribution < 1.29 is 14.3 Å². The fourth-order valence-corrected chi connectivity index (χ4v) is 2.92. The van der Waals surface area contributed by atoms with Crippen LogP contribution in [0.1, 0.15) is 25.7 Å². The minimum Gasteiger partial charge on any atom is -0.371 e. The highest BCUT2D eigenvalue weighted by Gasteiger charge is 2.42. The van der Waals surface area contributed by atoms with Crippen molar-refractivity contribution in [2.75, 3.05) is 13.2 Å². The molecule has 1 saturated heterocycles. The Morgan fingerprint density at radius 3 is 2.59 bits per heavy atom. The highest BCUT2D eigenvalue weighted by Crippen LogP contribution is 2.39. The molecule has 0 bridgehead atoms. The predicted molar refractivity (Wildman–Crippen MR) is 60.8 cm³/mol. The average molecular weight is 238 g/mol. The average Bonchev–Trinajstić information content (AvgIpc) is 2.79. The zero-order chi connectivity index (χ0) is 11.7. The molecule has 5 heteroatoms. The first kappa shape index (κ1) is 11.0. The van der Waals surface area contributed by atoms with Gasteiger partial charge in [-0.3, -0.25) is 4.79 Å². The second-order valence-corrected chi connectivity index (χ2v) is 4.93. The number of hydrogen-bond acceptors (Lipinski definition) is 4. The van der Waals surface area contributed by atoms with Crippen LogP contribution in [0.4, 0.5) is 0 Å². The Morgan fingerprint density at radius 2 is 1.94 bits per heavy atom. The van der Waals surface area contributed by atoms with Crippen LogP contribution in [0.2, 0.25) is 0 Å². The Balaban J connectivity index is 1.57. The Hall–Kier alpha value is -1.07. The van der Waals surface area contributed by atoms with Crippen molar-refractivity contribution in [1.82, 2.24) is 10.6 Å². The van der Waals surface area contributed by atoms with Gasteiger partial charge in [0.25, 0.3) is 0 Å². The van der Waals surface area contributed by atoms with Gasteiger partial charge in [0.1, 0.15) is 6.17 Å². The van der Waals surface area contributed by atoms with E-state index in [1.807, 2.05) is 0 Å². The van der Waals surface area contributed by atoms with Crippen molar-refractivity contribution in [1.29, 1.82) is 0 Å². The lowest BCUT2D eigenvalue weighted by Crippen LogP contribution is -2.52. The monoisotopic (exact) mass is 238 g/mol. The summed E-state index contributed by atoms with van der Waals surface area (Å²) in [5, 5.41) is 6.15. The van der Waals surface area contributed by atoms with Gasteiger partial charge in [0.15, 0.2) is 5.79 Å². The van der Waals surface area contributed by atoms with Crippen LogP contribution in [0.15, 0.2) is 12.3 Å². The van der Waals surface area contributed by atoms with Gasteiger partial charge in [-0.25, -0.2) is 0 Å². The van der Waals surface area contributed by atoms with Crippen LogP contribution < -0.4 is 10.6 Å². The molecule has 0 aromatic rings. The summed E-state index contributed by atoms with van der Waals surface area (Å²) in [5.74, 6) is 0.134. The van der Waals surface area contributed by atoms with E-state index in [0.717, 1.165) is 25.7 Å². The van der Waals surface area contributed by atoms with Gasteiger partial charge in [-0.2, -0.15) is 0 Å². The largest absolute Gasteiger partial charge is 0.371 e. The molecule has 1 aliphatic carbocycles. The van der Waals surface area contributed by atoms with Crippen molar-refractivity contribution in [2.24, 2.45) is 5.92 Å². The van der Waals surface area contributed by atoms with Crippen molar-refractivity contribution in [3.8, 4) is 0 Å². The summed E-state index contributed by atoms with van der Waals surface area (Å²) in [5.41, 5.74) is 0. The van der Waals surface area contributed by atoms with Gasteiger partial charge in [0.05, 0.1) is 13.2 Å². The number of carbonyl (C=O) groups is 1. The summed E-state index contributed by atoms with van der Waals surface area (Å²) in [4.78, 5) is 11.3. The number of ether oxygens (including phenoxy) is 2. The van der Waals surface area contributed by atoms with Gasteiger partial charge < -0.3 is 20.1 Å². The number of rotatable bonds is 1. The maximum Gasteiger partial charge on any atom is 0.247 e. The van der Waals surface area contributed by atoms with Crippen molar-refractivity contribution in [3.63, 3.8) is 0 Å². The third-order valence-corrected chi connectivity index (χ3v) is 3.89. The third kappa shape index (κ3) is 2.17. The van der Waals surface area contributed by atoms with E-state index in [9.17, 15) is 4.79 Å². The minimum atomic E-state index is -0.314. The standard InChI is InChI=1S/C12H18N2O3/c15-10-3-6-13-11(14-10)9-1-4-12(5-2-9)16-7-8-17-12/h3,6,9,11,13H,1-2,4-5,7-8H2,(H,14,15). The molecule has 1 unspecified atom stereocenters. The zero-order valence-corrected chi connectivity index (χ0v) is 9.78. The second-order valence-electron chi connectivity index (χ2n) is 4.93. The van der Waals surface area contributed by atoms with E-state index < -0.39 is 0 Å². The summed E-state index contributed by atoms with van der Waals surface area (Å²) in [7, 11) is 0. The molecule has 0 radical (unpaired) electrons. The lowest BCUT2D eigenvalue weighted by Gasteiger charge is -2.39. The van der Waals surface area contributed by atoms with Crippen molar-refractivity contribution in [2.45, 2.75) is 37.6 Å². The Kier molecular flexibility index (Phi) is 2.80. The third-order valence-electron chi connectivity index (χ3n) is 3.89. The molecule has 1 atom stereocenters. The van der Waals surface area contributed by atoms with Gasteiger partial charge in [0, 0.05) is 25.1 Å². The Bertz CT molecular complexity index is 327. The normalized spacial score (nSPS) is 32.5. The molecule has 17 heavy (non-hydrogen) atoms. The van der Waals surface area contributed by atoms with Crippen LogP contribution in [0.5, 0.6) is 0 Å².